The second-order valence-electron chi connectivity index (χ2n) is 5.37. The minimum Gasteiger partial charge on any atom is -0.370 e. The van der Waals surface area contributed by atoms with Crippen LogP contribution in [0.5, 0.6) is 0 Å². The molecular weight excluding hydrogens is 338 g/mol. The van der Waals surface area contributed by atoms with E-state index in [-0.39, 0.29) is 12.0 Å². The molecule has 0 fully saturated rings. The number of alkyl halides is 3. The Balaban J connectivity index is 2.49. The summed E-state index contributed by atoms with van der Waals surface area (Å²) in [6, 6.07) is 9.90. The van der Waals surface area contributed by atoms with E-state index in [1.807, 2.05) is 5.32 Å². The SMILES string of the molecule is N=C(N)NC(=O)[C@H](Cc1cccc(F)c1)c1ccccc1C(F)(F)F. The van der Waals surface area contributed by atoms with Crippen LogP contribution in [0.1, 0.15) is 22.6 Å². The largest absolute Gasteiger partial charge is 0.416 e. The third kappa shape index (κ3) is 4.79. The molecule has 4 N–H and O–H groups in total. The highest BCUT2D eigenvalue weighted by Crippen LogP contribution is 2.36. The second kappa shape index (κ2) is 7.33. The minimum atomic E-state index is -4.66. The zero-order valence-electron chi connectivity index (χ0n) is 12.9. The Kier molecular flexibility index (Phi) is 5.41. The predicted octanol–water partition coefficient (Wildman–Crippen LogP) is 3.18. The molecule has 0 saturated carbocycles. The number of guanidine groups is 1. The van der Waals surface area contributed by atoms with Crippen molar-refractivity contribution in [2.75, 3.05) is 0 Å². The Hall–Kier alpha value is -2.90. The predicted molar refractivity (Wildman–Crippen MR) is 84.3 cm³/mol. The van der Waals surface area contributed by atoms with E-state index in [1.54, 1.807) is 0 Å². The van der Waals surface area contributed by atoms with Crippen LogP contribution >= 0.6 is 0 Å². The van der Waals surface area contributed by atoms with Crippen LogP contribution in [0.25, 0.3) is 0 Å². The first-order valence-electron chi connectivity index (χ1n) is 7.24. The molecule has 2 rings (SSSR count). The van der Waals surface area contributed by atoms with Crippen molar-refractivity contribution in [1.82, 2.24) is 5.32 Å². The van der Waals surface area contributed by atoms with Gasteiger partial charge in [-0.15, -0.1) is 0 Å². The molecule has 1 amide bonds. The minimum absolute atomic E-state index is 0.177. The lowest BCUT2D eigenvalue weighted by Crippen LogP contribution is -2.40. The number of hydrogen-bond acceptors (Lipinski definition) is 2. The molecule has 0 saturated heterocycles. The monoisotopic (exact) mass is 353 g/mol. The molecule has 2 aromatic rings. The lowest BCUT2D eigenvalue weighted by Gasteiger charge is -2.21. The maximum absolute atomic E-state index is 13.4. The Morgan fingerprint density at radius 1 is 1.16 bits per heavy atom. The number of halogens is 4. The van der Waals surface area contributed by atoms with Gasteiger partial charge in [0, 0.05) is 0 Å². The van der Waals surface area contributed by atoms with Crippen LogP contribution in [0.4, 0.5) is 17.6 Å². The molecule has 0 unspecified atom stereocenters. The van der Waals surface area contributed by atoms with E-state index in [1.165, 1.54) is 36.4 Å². The molecule has 132 valence electrons. The van der Waals surface area contributed by atoms with Gasteiger partial charge in [0.2, 0.25) is 5.91 Å². The average molecular weight is 353 g/mol. The summed E-state index contributed by atoms with van der Waals surface area (Å²) in [6.07, 6.45) is -4.84. The van der Waals surface area contributed by atoms with E-state index < -0.39 is 35.3 Å². The Morgan fingerprint density at radius 3 is 2.44 bits per heavy atom. The lowest BCUT2D eigenvalue weighted by atomic mass is 9.87. The fraction of sp³-hybridized carbons (Fsp3) is 0.176. The van der Waals surface area contributed by atoms with Gasteiger partial charge in [0.25, 0.3) is 0 Å². The van der Waals surface area contributed by atoms with Crippen LogP contribution in [-0.2, 0) is 17.4 Å². The zero-order chi connectivity index (χ0) is 18.6. The van der Waals surface area contributed by atoms with Gasteiger partial charge in [-0.2, -0.15) is 13.2 Å². The van der Waals surface area contributed by atoms with Gasteiger partial charge in [-0.3, -0.25) is 15.5 Å². The van der Waals surface area contributed by atoms with E-state index in [0.29, 0.717) is 5.56 Å². The summed E-state index contributed by atoms with van der Waals surface area (Å²) in [5.74, 6) is -3.40. The Labute approximate surface area is 141 Å². The number of hydrogen-bond donors (Lipinski definition) is 3. The highest BCUT2D eigenvalue weighted by molar-refractivity contribution is 5.98. The molecule has 0 heterocycles. The summed E-state index contributed by atoms with van der Waals surface area (Å²) in [4.78, 5) is 12.3. The fourth-order valence-corrected chi connectivity index (χ4v) is 2.52. The van der Waals surface area contributed by atoms with Crippen molar-refractivity contribution in [3.63, 3.8) is 0 Å². The quantitative estimate of drug-likeness (QED) is 0.448. The number of benzene rings is 2. The molecule has 4 nitrogen and oxygen atoms in total. The molecule has 0 bridgehead atoms. The van der Waals surface area contributed by atoms with Crippen LogP contribution in [0.3, 0.4) is 0 Å². The first kappa shape index (κ1) is 18.4. The zero-order valence-corrected chi connectivity index (χ0v) is 12.9. The number of nitrogens with two attached hydrogens (primary N) is 1. The maximum atomic E-state index is 13.4. The van der Waals surface area contributed by atoms with Crippen molar-refractivity contribution >= 4 is 11.9 Å². The number of rotatable bonds is 4. The van der Waals surface area contributed by atoms with Gasteiger partial charge in [0.15, 0.2) is 5.96 Å². The molecule has 0 aliphatic rings. The molecule has 0 aromatic heterocycles. The standard InChI is InChI=1S/C17H15F4N3O/c18-11-5-3-4-10(8-11)9-13(15(25)24-16(22)23)12-6-1-2-7-14(12)17(19,20)21/h1-8,13H,9H2,(H4,22,23,24,25)/t13-/m1/s1. The number of carbonyl (C=O) groups is 1. The van der Waals surface area contributed by atoms with E-state index >= 15 is 0 Å². The molecule has 25 heavy (non-hydrogen) atoms. The van der Waals surface area contributed by atoms with Crippen molar-refractivity contribution in [3.05, 3.63) is 71.0 Å². The van der Waals surface area contributed by atoms with Gasteiger partial charge in [-0.25, -0.2) is 4.39 Å². The second-order valence-corrected chi connectivity index (χ2v) is 5.37. The average Bonchev–Trinajstić information content (AvgIpc) is 2.51. The third-order valence-electron chi connectivity index (χ3n) is 3.54. The summed E-state index contributed by atoms with van der Waals surface area (Å²) < 4.78 is 53.2. The summed E-state index contributed by atoms with van der Waals surface area (Å²) in [5, 5.41) is 9.15. The summed E-state index contributed by atoms with van der Waals surface area (Å²) >= 11 is 0. The topological polar surface area (TPSA) is 79.0 Å². The van der Waals surface area contributed by atoms with E-state index in [0.717, 1.165) is 12.1 Å². The first-order chi connectivity index (χ1) is 11.7. The number of carbonyl (C=O) groups excluding carboxylic acids is 1. The number of amides is 1. The summed E-state index contributed by atoms with van der Waals surface area (Å²) in [5.41, 5.74) is 4.24. The Morgan fingerprint density at radius 2 is 1.84 bits per heavy atom. The van der Waals surface area contributed by atoms with Crippen molar-refractivity contribution < 1.29 is 22.4 Å². The third-order valence-corrected chi connectivity index (χ3v) is 3.54. The van der Waals surface area contributed by atoms with E-state index in [9.17, 15) is 22.4 Å². The molecule has 0 aliphatic carbocycles. The molecule has 0 spiro atoms. The smallest absolute Gasteiger partial charge is 0.370 e. The normalized spacial score (nSPS) is 12.5. The lowest BCUT2D eigenvalue weighted by molar-refractivity contribution is -0.138. The molecular formula is C17H15F4N3O. The van der Waals surface area contributed by atoms with Crippen molar-refractivity contribution in [3.8, 4) is 0 Å². The van der Waals surface area contributed by atoms with Crippen LogP contribution in [0.2, 0.25) is 0 Å². The van der Waals surface area contributed by atoms with Gasteiger partial charge < -0.3 is 5.73 Å². The summed E-state index contributed by atoms with van der Waals surface area (Å²) in [7, 11) is 0. The Bertz CT molecular complexity index is 789. The number of nitrogens with one attached hydrogen (secondary N) is 2. The van der Waals surface area contributed by atoms with Gasteiger partial charge in [-0.1, -0.05) is 30.3 Å². The van der Waals surface area contributed by atoms with Gasteiger partial charge in [0.05, 0.1) is 11.5 Å². The van der Waals surface area contributed by atoms with Crippen LogP contribution in [0, 0.1) is 11.2 Å². The molecule has 0 aliphatic heterocycles. The molecule has 2 aromatic carbocycles. The van der Waals surface area contributed by atoms with Gasteiger partial charge in [-0.05, 0) is 35.7 Å². The van der Waals surface area contributed by atoms with Crippen molar-refractivity contribution in [2.24, 2.45) is 5.73 Å². The van der Waals surface area contributed by atoms with Gasteiger partial charge in [0.1, 0.15) is 5.82 Å². The molecule has 8 heteroatoms. The van der Waals surface area contributed by atoms with Gasteiger partial charge >= 0.3 is 6.18 Å². The van der Waals surface area contributed by atoms with Crippen LogP contribution in [0.15, 0.2) is 48.5 Å². The molecule has 1 atom stereocenters. The van der Waals surface area contributed by atoms with Crippen molar-refractivity contribution in [1.29, 1.82) is 5.41 Å². The highest BCUT2D eigenvalue weighted by Gasteiger charge is 2.36. The fourth-order valence-electron chi connectivity index (χ4n) is 2.52. The summed E-state index contributed by atoms with van der Waals surface area (Å²) in [6.45, 7) is 0. The van der Waals surface area contributed by atoms with E-state index in [4.69, 9.17) is 11.1 Å². The molecule has 0 radical (unpaired) electrons. The first-order valence-corrected chi connectivity index (χ1v) is 7.24. The van der Waals surface area contributed by atoms with E-state index in [2.05, 4.69) is 0 Å². The van der Waals surface area contributed by atoms with Crippen LogP contribution < -0.4 is 11.1 Å². The van der Waals surface area contributed by atoms with Crippen molar-refractivity contribution in [2.45, 2.75) is 18.5 Å². The van der Waals surface area contributed by atoms with Crippen LogP contribution in [-0.4, -0.2) is 11.9 Å². The highest BCUT2D eigenvalue weighted by atomic mass is 19.4. The maximum Gasteiger partial charge on any atom is 0.416 e.